The van der Waals surface area contributed by atoms with Crippen LogP contribution in [-0.2, 0) is 16.0 Å². The van der Waals surface area contributed by atoms with Crippen LogP contribution in [0.4, 0.5) is 10.1 Å². The van der Waals surface area contributed by atoms with Crippen molar-refractivity contribution < 1.29 is 33.7 Å². The first-order valence-electron chi connectivity index (χ1n) is 13.1. The molecule has 9 nitrogen and oxygen atoms in total. The average Bonchev–Trinajstić information content (AvgIpc) is 3.22. The molecule has 0 fully saturated rings. The molecule has 0 saturated carbocycles. The van der Waals surface area contributed by atoms with Gasteiger partial charge in [0.05, 0.1) is 22.5 Å². The smallest absolute Gasteiger partial charge is 0.258 e. The number of rotatable bonds is 9. The molecule has 3 heterocycles. The zero-order chi connectivity index (χ0) is 29.4. The molecule has 40 heavy (non-hydrogen) atoms. The number of imide groups is 1. The highest BCUT2D eigenvalue weighted by Crippen LogP contribution is 2.43. The van der Waals surface area contributed by atoms with Crippen molar-refractivity contribution in [2.45, 2.75) is 52.4 Å². The molecule has 0 aliphatic carbocycles. The quantitative estimate of drug-likeness (QED) is 0.214. The Hall–Kier alpha value is -3.25. The third kappa shape index (κ3) is 6.90. The SMILES string of the molecule is CC/C=C(F)\C=C/CCc1cnc2c(c1Br)N(CC)C(=O)C(C(O)OCC)C2O.O=C1NC(=O)c2ccccc21. The van der Waals surface area contributed by atoms with Gasteiger partial charge in [-0.15, -0.1) is 0 Å². The van der Waals surface area contributed by atoms with Crippen LogP contribution in [0.2, 0.25) is 0 Å². The highest BCUT2D eigenvalue weighted by atomic mass is 79.9. The molecule has 2 aliphatic rings. The number of hydrogen-bond acceptors (Lipinski definition) is 7. The Balaban J connectivity index is 0.000000330. The number of nitrogens with zero attached hydrogens (tertiary/aromatic N) is 2. The van der Waals surface area contributed by atoms with E-state index >= 15 is 0 Å². The fraction of sp³-hybridized carbons (Fsp3) is 0.379. The number of carbonyl (C=O) groups excluding carboxylic acids is 3. The van der Waals surface area contributed by atoms with Crippen LogP contribution in [0.3, 0.4) is 0 Å². The minimum Gasteiger partial charge on any atom is -0.386 e. The third-order valence-electron chi connectivity index (χ3n) is 6.39. The van der Waals surface area contributed by atoms with E-state index in [1.807, 2.05) is 13.8 Å². The molecular weight excluding hydrogens is 585 g/mol. The van der Waals surface area contributed by atoms with Crippen molar-refractivity contribution >= 4 is 39.3 Å². The van der Waals surface area contributed by atoms with Gasteiger partial charge in [0.25, 0.3) is 11.8 Å². The molecule has 1 aromatic carbocycles. The summed E-state index contributed by atoms with van der Waals surface area (Å²) in [5.74, 6) is -2.42. The van der Waals surface area contributed by atoms with Gasteiger partial charge < -0.3 is 19.8 Å². The number of aromatic nitrogens is 1. The van der Waals surface area contributed by atoms with E-state index in [4.69, 9.17) is 4.74 Å². The minimum atomic E-state index is -1.42. The Bertz CT molecular complexity index is 1280. The number of allylic oxidation sites excluding steroid dienone is 4. The van der Waals surface area contributed by atoms with E-state index in [2.05, 4.69) is 26.2 Å². The highest BCUT2D eigenvalue weighted by molar-refractivity contribution is 9.10. The lowest BCUT2D eigenvalue weighted by Gasteiger charge is -2.38. The van der Waals surface area contributed by atoms with E-state index in [9.17, 15) is 29.0 Å². The molecule has 11 heteroatoms. The van der Waals surface area contributed by atoms with E-state index in [1.54, 1.807) is 43.5 Å². The molecule has 0 bridgehead atoms. The molecule has 1 aromatic heterocycles. The van der Waals surface area contributed by atoms with Crippen LogP contribution in [0, 0.1) is 5.92 Å². The highest BCUT2D eigenvalue weighted by Gasteiger charge is 2.45. The number of anilines is 1. The maximum Gasteiger partial charge on any atom is 0.258 e. The van der Waals surface area contributed by atoms with Gasteiger partial charge in [0.1, 0.15) is 17.8 Å². The molecule has 0 spiro atoms. The van der Waals surface area contributed by atoms with E-state index in [1.165, 1.54) is 17.1 Å². The topological polar surface area (TPSA) is 129 Å². The predicted octanol–water partition coefficient (Wildman–Crippen LogP) is 4.54. The van der Waals surface area contributed by atoms with Gasteiger partial charge in [-0.25, -0.2) is 4.39 Å². The van der Waals surface area contributed by atoms with Gasteiger partial charge in [-0.05, 0) is 78.9 Å². The summed E-state index contributed by atoms with van der Waals surface area (Å²) in [7, 11) is 0. The Morgan fingerprint density at radius 1 is 1.20 bits per heavy atom. The van der Waals surface area contributed by atoms with Crippen molar-refractivity contribution in [3.8, 4) is 0 Å². The summed E-state index contributed by atoms with van der Waals surface area (Å²) in [5.41, 5.74) is 2.60. The maximum atomic E-state index is 13.4. The van der Waals surface area contributed by atoms with Crippen molar-refractivity contribution in [1.29, 1.82) is 0 Å². The summed E-state index contributed by atoms with van der Waals surface area (Å²) in [6, 6.07) is 6.74. The van der Waals surface area contributed by atoms with Gasteiger partial charge >= 0.3 is 0 Å². The Morgan fingerprint density at radius 3 is 2.42 bits per heavy atom. The predicted molar refractivity (Wildman–Crippen MR) is 151 cm³/mol. The molecule has 3 atom stereocenters. The number of aryl methyl sites for hydroxylation is 1. The second-order valence-corrected chi connectivity index (χ2v) is 9.79. The Kier molecular flexibility index (Phi) is 11.3. The summed E-state index contributed by atoms with van der Waals surface area (Å²) < 4.78 is 19.2. The van der Waals surface area contributed by atoms with Gasteiger partial charge in [-0.2, -0.15) is 0 Å². The summed E-state index contributed by atoms with van der Waals surface area (Å²) in [6.07, 6.45) is 5.45. The number of carbonyl (C=O) groups is 3. The Labute approximate surface area is 240 Å². The first-order chi connectivity index (χ1) is 19.2. The fourth-order valence-corrected chi connectivity index (χ4v) is 5.17. The molecule has 2 aliphatic heterocycles. The lowest BCUT2D eigenvalue weighted by Crippen LogP contribution is -2.49. The van der Waals surface area contributed by atoms with Crippen LogP contribution in [0.15, 0.2) is 59.0 Å². The number of pyridine rings is 1. The lowest BCUT2D eigenvalue weighted by atomic mass is 9.90. The molecule has 3 unspecified atom stereocenters. The monoisotopic (exact) mass is 617 g/mol. The van der Waals surface area contributed by atoms with Crippen molar-refractivity contribution in [3.63, 3.8) is 0 Å². The van der Waals surface area contributed by atoms with E-state index in [0.29, 0.717) is 52.8 Å². The first-order valence-corrected chi connectivity index (χ1v) is 13.9. The summed E-state index contributed by atoms with van der Waals surface area (Å²) in [5, 5.41) is 23.1. The van der Waals surface area contributed by atoms with Gasteiger partial charge in [0, 0.05) is 23.8 Å². The van der Waals surface area contributed by atoms with E-state index in [0.717, 1.165) is 5.56 Å². The maximum absolute atomic E-state index is 13.4. The normalized spacial score (nSPS) is 19.2. The van der Waals surface area contributed by atoms with Crippen LogP contribution in [0.5, 0.6) is 0 Å². The van der Waals surface area contributed by atoms with Crippen LogP contribution in [0.25, 0.3) is 0 Å². The molecule has 4 rings (SSSR count). The van der Waals surface area contributed by atoms with Crippen molar-refractivity contribution in [1.82, 2.24) is 10.3 Å². The van der Waals surface area contributed by atoms with Gasteiger partial charge in [-0.3, -0.25) is 24.7 Å². The zero-order valence-electron chi connectivity index (χ0n) is 22.6. The van der Waals surface area contributed by atoms with Gasteiger partial charge in [-0.1, -0.05) is 25.1 Å². The van der Waals surface area contributed by atoms with Crippen molar-refractivity contribution in [3.05, 3.63) is 81.4 Å². The number of benzene rings is 1. The van der Waals surface area contributed by atoms with Crippen molar-refractivity contribution in [2.75, 3.05) is 18.1 Å². The molecule has 2 aromatic rings. The number of halogens is 2. The standard InChI is InChI=1S/C21H28BrFN2O4.C8H5NO2/c1-4-9-14(23)11-8-7-10-13-12-24-17-18(16(13)22)25(5-2)20(27)15(19(17)26)21(28)29-6-3;10-7-5-3-1-2-4-6(5)8(11)9-7/h8-9,11-12,15,19,21,26,28H,4-7,10H2,1-3H3;1-4H,(H,9,10,11)/b11-8-,14-9+;. The molecule has 3 amide bonds. The molecule has 0 saturated heterocycles. The number of amides is 3. The van der Waals surface area contributed by atoms with Gasteiger partial charge in [0.2, 0.25) is 5.91 Å². The number of aliphatic hydroxyl groups excluding tert-OH is 2. The summed E-state index contributed by atoms with van der Waals surface area (Å²) in [6.45, 7) is 5.96. The molecule has 0 radical (unpaired) electrons. The van der Waals surface area contributed by atoms with Crippen LogP contribution in [0.1, 0.15) is 71.7 Å². The van der Waals surface area contributed by atoms with Crippen molar-refractivity contribution in [2.24, 2.45) is 5.92 Å². The number of nitrogens with one attached hydrogen (secondary N) is 1. The van der Waals surface area contributed by atoms with E-state index < -0.39 is 24.2 Å². The minimum absolute atomic E-state index is 0.217. The zero-order valence-corrected chi connectivity index (χ0v) is 24.2. The Morgan fingerprint density at radius 2 is 1.85 bits per heavy atom. The summed E-state index contributed by atoms with van der Waals surface area (Å²) >= 11 is 3.55. The third-order valence-corrected chi connectivity index (χ3v) is 7.28. The fourth-order valence-electron chi connectivity index (χ4n) is 4.45. The number of aliphatic hydroxyl groups is 2. The second kappa shape index (κ2) is 14.4. The molecule has 214 valence electrons. The van der Waals surface area contributed by atoms with Crippen LogP contribution in [-0.4, -0.2) is 52.4 Å². The first kappa shape index (κ1) is 31.3. The average molecular weight is 619 g/mol. The largest absolute Gasteiger partial charge is 0.386 e. The van der Waals surface area contributed by atoms with Crippen LogP contribution >= 0.6 is 15.9 Å². The molecule has 3 N–H and O–H groups in total. The summed E-state index contributed by atoms with van der Waals surface area (Å²) in [4.78, 5) is 40.7. The number of fused-ring (bicyclic) bond motifs is 2. The number of hydrogen-bond donors (Lipinski definition) is 3. The molecular formula is C29H33BrFN3O6. The van der Waals surface area contributed by atoms with E-state index in [-0.39, 0.29) is 24.2 Å². The number of ether oxygens (including phenoxy) is 1. The van der Waals surface area contributed by atoms with Gasteiger partial charge in [0.15, 0.2) is 6.29 Å². The second-order valence-electron chi connectivity index (χ2n) is 9.00. The lowest BCUT2D eigenvalue weighted by molar-refractivity contribution is -0.170. The van der Waals surface area contributed by atoms with Crippen LogP contribution < -0.4 is 10.2 Å².